The number of rotatable bonds is 6. The number of carbonyl (C=O) groups excluding carboxylic acids is 1. The van der Waals surface area contributed by atoms with Crippen LogP contribution in [0.4, 0.5) is 13.6 Å². The van der Waals surface area contributed by atoms with Crippen LogP contribution in [-0.4, -0.2) is 52.7 Å². The van der Waals surface area contributed by atoms with Crippen LogP contribution in [0.2, 0.25) is 10.0 Å². The number of nitrogens with zero attached hydrogens (tertiary/aromatic N) is 2. The summed E-state index contributed by atoms with van der Waals surface area (Å²) < 4.78 is 29.6. The van der Waals surface area contributed by atoms with Crippen LogP contribution < -0.4 is 0 Å². The van der Waals surface area contributed by atoms with Gasteiger partial charge in [0.2, 0.25) is 5.91 Å². The fourth-order valence-electron chi connectivity index (χ4n) is 4.11. The maximum absolute atomic E-state index is 16.1. The third kappa shape index (κ3) is 5.90. The quantitative estimate of drug-likeness (QED) is 0.567. The smallest absolute Gasteiger partial charge is 0.407 e. The van der Waals surface area contributed by atoms with Crippen molar-refractivity contribution in [3.63, 3.8) is 0 Å². The van der Waals surface area contributed by atoms with E-state index in [9.17, 15) is 19.1 Å². The molecule has 172 valence electrons. The van der Waals surface area contributed by atoms with E-state index in [4.69, 9.17) is 23.2 Å². The third-order valence-electron chi connectivity index (χ3n) is 5.91. The largest absolute Gasteiger partial charge is 0.465 e. The number of carbonyl (C=O) groups is 2. The Morgan fingerprint density at radius 1 is 1.12 bits per heavy atom. The van der Waals surface area contributed by atoms with Crippen LogP contribution in [0.1, 0.15) is 36.3 Å². The van der Waals surface area contributed by atoms with Crippen molar-refractivity contribution < 1.29 is 23.5 Å². The normalized spacial score (nSPS) is 16.5. The minimum Gasteiger partial charge on any atom is -0.465 e. The Balaban J connectivity index is 1.79. The van der Waals surface area contributed by atoms with Crippen molar-refractivity contribution in [3.05, 3.63) is 69.5 Å². The summed E-state index contributed by atoms with van der Waals surface area (Å²) >= 11 is 12.1. The van der Waals surface area contributed by atoms with E-state index in [0.717, 1.165) is 10.5 Å². The molecule has 2 amide bonds. The molecular weight excluding hydrogens is 461 g/mol. The summed E-state index contributed by atoms with van der Waals surface area (Å²) in [4.78, 5) is 26.9. The Labute approximate surface area is 195 Å². The lowest BCUT2D eigenvalue weighted by Gasteiger charge is -2.40. The summed E-state index contributed by atoms with van der Waals surface area (Å²) in [6.07, 6.45) is -1.31. The number of benzene rings is 2. The summed E-state index contributed by atoms with van der Waals surface area (Å²) in [7, 11) is 1.61. The highest BCUT2D eigenvalue weighted by molar-refractivity contribution is 6.34. The highest BCUT2D eigenvalue weighted by Gasteiger charge is 2.44. The second kappa shape index (κ2) is 10.0. The molecule has 5 nitrogen and oxygen atoms in total. The molecule has 2 aromatic carbocycles. The van der Waals surface area contributed by atoms with Gasteiger partial charge in [0, 0.05) is 49.1 Å². The molecule has 9 heteroatoms. The number of likely N-dealkylation sites (tertiary alicyclic amines) is 1. The number of halogens is 4. The van der Waals surface area contributed by atoms with Gasteiger partial charge in [-0.1, -0.05) is 35.3 Å². The van der Waals surface area contributed by atoms with E-state index >= 15 is 4.39 Å². The lowest BCUT2D eigenvalue weighted by Crippen LogP contribution is -2.47. The first-order chi connectivity index (χ1) is 15.1. The summed E-state index contributed by atoms with van der Waals surface area (Å²) in [6, 6.07) is 10.4. The second-order valence-electron chi connectivity index (χ2n) is 8.14. The van der Waals surface area contributed by atoms with Gasteiger partial charge >= 0.3 is 6.09 Å². The predicted molar refractivity (Wildman–Crippen MR) is 119 cm³/mol. The van der Waals surface area contributed by atoms with Gasteiger partial charge in [0.15, 0.2) is 0 Å². The van der Waals surface area contributed by atoms with Crippen molar-refractivity contribution in [3.8, 4) is 0 Å². The Morgan fingerprint density at radius 3 is 2.22 bits per heavy atom. The van der Waals surface area contributed by atoms with Crippen LogP contribution in [0.15, 0.2) is 42.5 Å². The van der Waals surface area contributed by atoms with Crippen LogP contribution in [0, 0.1) is 5.82 Å². The van der Waals surface area contributed by atoms with Gasteiger partial charge < -0.3 is 14.9 Å². The lowest BCUT2D eigenvalue weighted by atomic mass is 9.75. The summed E-state index contributed by atoms with van der Waals surface area (Å²) in [5.41, 5.74) is -0.550. The molecule has 1 heterocycles. The molecule has 1 atom stereocenters. The lowest BCUT2D eigenvalue weighted by molar-refractivity contribution is -0.132. The molecule has 0 spiro atoms. The first-order valence-electron chi connectivity index (χ1n) is 10.2. The van der Waals surface area contributed by atoms with Crippen molar-refractivity contribution in [1.82, 2.24) is 9.80 Å². The Kier molecular flexibility index (Phi) is 7.62. The number of amides is 2. The molecule has 32 heavy (non-hydrogen) atoms. The summed E-state index contributed by atoms with van der Waals surface area (Å²) in [5.74, 6) is -1.59. The highest BCUT2D eigenvalue weighted by atomic mass is 35.5. The van der Waals surface area contributed by atoms with Gasteiger partial charge in [0.25, 0.3) is 0 Å². The highest BCUT2D eigenvalue weighted by Crippen LogP contribution is 2.42. The van der Waals surface area contributed by atoms with Crippen LogP contribution in [0.25, 0.3) is 0 Å². The zero-order chi connectivity index (χ0) is 23.5. The van der Waals surface area contributed by atoms with Crippen molar-refractivity contribution >= 4 is 35.2 Å². The van der Waals surface area contributed by atoms with Crippen LogP contribution in [-0.2, 0) is 11.3 Å². The zero-order valence-electron chi connectivity index (χ0n) is 17.5. The standard InChI is InChI=1S/C23H24Cl2F2N2O3/c1-28(14-15-10-17(24)12-18(25)11-15)21(30)13-20(16-2-4-19(26)5-3-16)23(27)6-8-29(9-7-23)22(31)32/h2-5,10-12,20H,6-9,13-14H2,1H3,(H,31,32). The SMILES string of the molecule is CN(Cc1cc(Cl)cc(Cl)c1)C(=O)CC(c1ccc(F)cc1)C1(F)CCN(C(=O)O)CC1. The third-order valence-corrected chi connectivity index (χ3v) is 6.35. The average Bonchev–Trinajstić information content (AvgIpc) is 2.72. The maximum atomic E-state index is 16.1. The monoisotopic (exact) mass is 484 g/mol. The van der Waals surface area contributed by atoms with Gasteiger partial charge in [-0.05, 0) is 54.3 Å². The van der Waals surface area contributed by atoms with Crippen molar-refractivity contribution in [2.45, 2.75) is 37.4 Å². The van der Waals surface area contributed by atoms with Crippen molar-refractivity contribution in [1.29, 1.82) is 0 Å². The van der Waals surface area contributed by atoms with E-state index in [1.165, 1.54) is 29.2 Å². The van der Waals surface area contributed by atoms with Gasteiger partial charge in [-0.15, -0.1) is 0 Å². The summed E-state index contributed by atoms with van der Waals surface area (Å²) in [5, 5.41) is 10.1. The van der Waals surface area contributed by atoms with E-state index in [2.05, 4.69) is 0 Å². The number of piperidine rings is 1. The van der Waals surface area contributed by atoms with E-state index in [1.807, 2.05) is 0 Å². The Hall–Kier alpha value is -2.38. The van der Waals surface area contributed by atoms with Gasteiger partial charge in [0.1, 0.15) is 11.5 Å². The van der Waals surface area contributed by atoms with E-state index in [-0.39, 0.29) is 44.8 Å². The number of hydrogen-bond acceptors (Lipinski definition) is 2. The molecule has 3 rings (SSSR count). The first-order valence-corrected chi connectivity index (χ1v) is 10.9. The molecule has 1 saturated heterocycles. The molecule has 1 fully saturated rings. The van der Waals surface area contributed by atoms with E-state index < -0.39 is 23.5 Å². The first kappa shape index (κ1) is 24.3. The molecule has 0 bridgehead atoms. The van der Waals surface area contributed by atoms with Crippen LogP contribution >= 0.6 is 23.2 Å². The molecule has 1 aliphatic rings. The van der Waals surface area contributed by atoms with E-state index in [0.29, 0.717) is 15.6 Å². The van der Waals surface area contributed by atoms with Gasteiger partial charge in [0.05, 0.1) is 0 Å². The van der Waals surface area contributed by atoms with Crippen LogP contribution in [0.5, 0.6) is 0 Å². The molecule has 0 aliphatic carbocycles. The Bertz CT molecular complexity index is 959. The fourth-order valence-corrected chi connectivity index (χ4v) is 4.68. The maximum Gasteiger partial charge on any atom is 0.407 e. The number of alkyl halides is 1. The number of hydrogen-bond donors (Lipinski definition) is 1. The topological polar surface area (TPSA) is 60.9 Å². The minimum atomic E-state index is -1.79. The average molecular weight is 485 g/mol. The van der Waals surface area contributed by atoms with Crippen molar-refractivity contribution in [2.75, 3.05) is 20.1 Å². The zero-order valence-corrected chi connectivity index (χ0v) is 19.0. The molecule has 2 aromatic rings. The molecule has 1 N–H and O–H groups in total. The van der Waals surface area contributed by atoms with Crippen LogP contribution in [0.3, 0.4) is 0 Å². The predicted octanol–water partition coefficient (Wildman–Crippen LogP) is 5.75. The second-order valence-corrected chi connectivity index (χ2v) is 9.01. The molecular formula is C23H24Cl2F2N2O3. The van der Waals surface area contributed by atoms with Gasteiger partial charge in [-0.25, -0.2) is 13.6 Å². The van der Waals surface area contributed by atoms with Crippen molar-refractivity contribution in [2.24, 2.45) is 0 Å². The molecule has 1 unspecified atom stereocenters. The van der Waals surface area contributed by atoms with Gasteiger partial charge in [-0.3, -0.25) is 4.79 Å². The van der Waals surface area contributed by atoms with E-state index in [1.54, 1.807) is 25.2 Å². The molecule has 0 radical (unpaired) electrons. The minimum absolute atomic E-state index is 0.0363. The molecule has 0 aromatic heterocycles. The molecule has 1 aliphatic heterocycles. The molecule has 0 saturated carbocycles. The Morgan fingerprint density at radius 2 is 1.69 bits per heavy atom. The fraction of sp³-hybridized carbons (Fsp3) is 0.391. The summed E-state index contributed by atoms with van der Waals surface area (Å²) in [6.45, 7) is 0.310. The van der Waals surface area contributed by atoms with Gasteiger partial charge in [-0.2, -0.15) is 0 Å². The number of carboxylic acid groups (broad SMARTS) is 1.